The van der Waals surface area contributed by atoms with E-state index in [4.69, 9.17) is 0 Å². The fourth-order valence-corrected chi connectivity index (χ4v) is 5.22. The maximum absolute atomic E-state index is 14.9. The van der Waals surface area contributed by atoms with Gasteiger partial charge in [0.15, 0.2) is 0 Å². The molecule has 0 bridgehead atoms. The van der Waals surface area contributed by atoms with Gasteiger partial charge in [-0.15, -0.1) is 5.10 Å². The fraction of sp³-hybridized carbons (Fsp3) is 0.167. The lowest BCUT2D eigenvalue weighted by molar-refractivity contribution is -0.386. The SMILES string of the molecule is CCC(c1cn(Cc2ccc3c(-c4ccccc4)cc(C#N)nc3c2)nn1)(c1cc(C(=O)O)ccc1[N+](=O)[O-])C(F)(F)F. The van der Waals surface area contributed by atoms with E-state index in [9.17, 15) is 38.4 Å². The molecular formula is C30H21F3N6O4. The zero-order valence-electron chi connectivity index (χ0n) is 22.4. The van der Waals surface area contributed by atoms with Gasteiger partial charge >= 0.3 is 12.1 Å². The van der Waals surface area contributed by atoms with Crippen molar-refractivity contribution in [3.8, 4) is 17.2 Å². The predicted octanol–water partition coefficient (Wildman–Crippen LogP) is 6.28. The average Bonchev–Trinajstić information content (AvgIpc) is 3.44. The van der Waals surface area contributed by atoms with E-state index in [1.54, 1.807) is 24.3 Å². The van der Waals surface area contributed by atoms with Crippen molar-refractivity contribution < 1.29 is 28.0 Å². The van der Waals surface area contributed by atoms with Crippen molar-refractivity contribution in [1.29, 1.82) is 5.26 Å². The molecule has 1 unspecified atom stereocenters. The second-order valence-corrected chi connectivity index (χ2v) is 9.74. The van der Waals surface area contributed by atoms with Gasteiger partial charge in [-0.25, -0.2) is 14.5 Å². The average molecular weight is 587 g/mol. The van der Waals surface area contributed by atoms with Crippen molar-refractivity contribution in [2.45, 2.75) is 31.5 Å². The first-order valence-corrected chi connectivity index (χ1v) is 12.9. The smallest absolute Gasteiger partial charge is 0.404 e. The summed E-state index contributed by atoms with van der Waals surface area (Å²) in [5.41, 5.74) is -2.95. The number of nitrogens with zero attached hydrogens (tertiary/aromatic N) is 6. The molecule has 0 radical (unpaired) electrons. The zero-order chi connectivity index (χ0) is 30.9. The zero-order valence-corrected chi connectivity index (χ0v) is 22.4. The number of aromatic carboxylic acids is 1. The van der Waals surface area contributed by atoms with Gasteiger partial charge in [0.1, 0.15) is 22.9 Å². The summed E-state index contributed by atoms with van der Waals surface area (Å²) < 4.78 is 45.9. The number of benzene rings is 3. The Bertz CT molecular complexity index is 1920. The lowest BCUT2D eigenvalue weighted by atomic mass is 9.73. The van der Waals surface area contributed by atoms with Crippen LogP contribution >= 0.6 is 0 Å². The number of halogens is 3. The second-order valence-electron chi connectivity index (χ2n) is 9.74. The van der Waals surface area contributed by atoms with Gasteiger partial charge in [-0.3, -0.25) is 10.1 Å². The normalized spacial score (nSPS) is 12.9. The van der Waals surface area contributed by atoms with Crippen LogP contribution in [0, 0.1) is 21.4 Å². The minimum atomic E-state index is -5.10. The molecule has 2 heterocycles. The molecule has 0 saturated carbocycles. The van der Waals surface area contributed by atoms with Crippen LogP contribution in [0.3, 0.4) is 0 Å². The lowest BCUT2D eigenvalue weighted by Crippen LogP contribution is -2.44. The molecule has 43 heavy (non-hydrogen) atoms. The Balaban J connectivity index is 1.59. The number of nitriles is 1. The van der Waals surface area contributed by atoms with Gasteiger partial charge in [0.05, 0.1) is 34.3 Å². The van der Waals surface area contributed by atoms with E-state index >= 15 is 0 Å². The molecular weight excluding hydrogens is 565 g/mol. The van der Waals surface area contributed by atoms with Crippen LogP contribution in [-0.2, 0) is 12.0 Å². The lowest BCUT2D eigenvalue weighted by Gasteiger charge is -2.33. The van der Waals surface area contributed by atoms with Crippen LogP contribution in [-0.4, -0.2) is 42.2 Å². The monoisotopic (exact) mass is 586 g/mol. The van der Waals surface area contributed by atoms with Crippen molar-refractivity contribution >= 4 is 22.6 Å². The van der Waals surface area contributed by atoms with Crippen LogP contribution in [0.4, 0.5) is 18.9 Å². The summed E-state index contributed by atoms with van der Waals surface area (Å²) in [7, 11) is 0. The van der Waals surface area contributed by atoms with Crippen molar-refractivity contribution in [1.82, 2.24) is 20.0 Å². The first kappa shape index (κ1) is 28.9. The molecule has 1 N–H and O–H groups in total. The molecule has 216 valence electrons. The highest BCUT2D eigenvalue weighted by atomic mass is 19.4. The number of aromatic nitrogens is 4. The quantitative estimate of drug-likeness (QED) is 0.165. The van der Waals surface area contributed by atoms with Gasteiger partial charge in [0, 0.05) is 11.5 Å². The van der Waals surface area contributed by atoms with Gasteiger partial charge in [-0.05, 0) is 47.4 Å². The van der Waals surface area contributed by atoms with Crippen LogP contribution in [0.1, 0.15) is 46.2 Å². The number of carboxylic acid groups (broad SMARTS) is 1. The number of hydrogen-bond acceptors (Lipinski definition) is 7. The third-order valence-electron chi connectivity index (χ3n) is 7.31. The molecule has 3 aromatic carbocycles. The van der Waals surface area contributed by atoms with Crippen molar-refractivity contribution in [3.05, 3.63) is 117 Å². The maximum Gasteiger partial charge on any atom is 0.404 e. The van der Waals surface area contributed by atoms with Crippen molar-refractivity contribution in [3.63, 3.8) is 0 Å². The Labute approximate surface area is 241 Å². The number of rotatable bonds is 8. The van der Waals surface area contributed by atoms with Gasteiger partial charge in [0.2, 0.25) is 0 Å². The second kappa shape index (κ2) is 11.0. The van der Waals surface area contributed by atoms with Crippen LogP contribution in [0.2, 0.25) is 0 Å². The molecule has 0 spiro atoms. The first-order valence-electron chi connectivity index (χ1n) is 12.9. The molecule has 0 amide bonds. The number of nitro groups is 1. The Morgan fingerprint density at radius 2 is 1.84 bits per heavy atom. The minimum absolute atomic E-state index is 0.0308. The highest BCUT2D eigenvalue weighted by Gasteiger charge is 2.60. The molecule has 0 aliphatic heterocycles. The summed E-state index contributed by atoms with van der Waals surface area (Å²) in [5, 5.41) is 39.1. The van der Waals surface area contributed by atoms with Gasteiger partial charge in [-0.2, -0.15) is 18.4 Å². The number of carboxylic acids is 1. The van der Waals surface area contributed by atoms with Crippen LogP contribution in [0.15, 0.2) is 79.0 Å². The fourth-order valence-electron chi connectivity index (χ4n) is 5.22. The number of nitro benzene ring substituents is 1. The van der Waals surface area contributed by atoms with Crippen LogP contribution < -0.4 is 0 Å². The largest absolute Gasteiger partial charge is 0.478 e. The highest BCUT2D eigenvalue weighted by molar-refractivity contribution is 5.95. The summed E-state index contributed by atoms with van der Waals surface area (Å²) in [6.45, 7) is 1.16. The van der Waals surface area contributed by atoms with E-state index in [0.29, 0.717) is 17.1 Å². The van der Waals surface area contributed by atoms with Crippen LogP contribution in [0.25, 0.3) is 22.0 Å². The molecule has 5 rings (SSSR count). The number of pyridine rings is 1. The van der Waals surface area contributed by atoms with Crippen LogP contribution in [0.5, 0.6) is 0 Å². The predicted molar refractivity (Wildman–Crippen MR) is 148 cm³/mol. The summed E-state index contributed by atoms with van der Waals surface area (Å²) >= 11 is 0. The Kier molecular flexibility index (Phi) is 7.37. The first-order chi connectivity index (χ1) is 20.5. The van der Waals surface area contributed by atoms with E-state index in [0.717, 1.165) is 39.5 Å². The maximum atomic E-state index is 14.9. The van der Waals surface area contributed by atoms with Crippen molar-refractivity contribution in [2.24, 2.45) is 0 Å². The third-order valence-corrected chi connectivity index (χ3v) is 7.31. The van der Waals surface area contributed by atoms with Gasteiger partial charge in [0.25, 0.3) is 5.69 Å². The topological polar surface area (TPSA) is 148 Å². The van der Waals surface area contributed by atoms with Gasteiger partial charge in [-0.1, -0.05) is 54.6 Å². The van der Waals surface area contributed by atoms with E-state index in [-0.39, 0.29) is 12.2 Å². The molecule has 13 heteroatoms. The molecule has 0 aliphatic carbocycles. The Hall–Kier alpha value is -5.64. The van der Waals surface area contributed by atoms with Crippen molar-refractivity contribution in [2.75, 3.05) is 0 Å². The molecule has 5 aromatic rings. The van der Waals surface area contributed by atoms with E-state index < -0.39 is 51.4 Å². The molecule has 0 aliphatic rings. The summed E-state index contributed by atoms with van der Waals surface area (Å²) in [6.07, 6.45) is -4.76. The summed E-state index contributed by atoms with van der Waals surface area (Å²) in [6, 6.07) is 20.7. The molecule has 2 aromatic heterocycles. The number of carbonyl (C=O) groups is 1. The third kappa shape index (κ3) is 5.14. The summed E-state index contributed by atoms with van der Waals surface area (Å²) in [4.78, 5) is 26.7. The number of hydrogen-bond donors (Lipinski definition) is 1. The summed E-state index contributed by atoms with van der Waals surface area (Å²) in [5.74, 6) is -1.54. The van der Waals surface area contributed by atoms with E-state index in [1.165, 1.54) is 6.92 Å². The van der Waals surface area contributed by atoms with Gasteiger partial charge < -0.3 is 5.11 Å². The number of alkyl halides is 3. The van der Waals surface area contributed by atoms with E-state index in [1.807, 2.05) is 36.4 Å². The Morgan fingerprint density at radius 1 is 1.09 bits per heavy atom. The molecule has 10 nitrogen and oxygen atoms in total. The molecule has 0 fully saturated rings. The minimum Gasteiger partial charge on any atom is -0.478 e. The van der Waals surface area contributed by atoms with E-state index in [2.05, 4.69) is 15.3 Å². The Morgan fingerprint density at radius 3 is 2.47 bits per heavy atom. The number of fused-ring (bicyclic) bond motifs is 1. The highest BCUT2D eigenvalue weighted by Crippen LogP contribution is 2.51. The standard InChI is InChI=1S/C30H21F3N6O4/c1-2-29(30(31,32)33,24-13-20(28(40)41)9-11-26(24)39(42)43)27-17-38(37-36-27)16-18-8-10-22-23(19-6-4-3-5-7-19)14-21(15-34)35-25(22)12-18/h3-14,17H,2,16H2,1H3,(H,40,41). The molecule has 1 atom stereocenters. The molecule has 0 saturated heterocycles.